The zero-order chi connectivity index (χ0) is 62.5. The topological polar surface area (TPSA) is 47.3 Å². The van der Waals surface area contributed by atoms with Crippen LogP contribution in [0.3, 0.4) is 0 Å². The normalized spacial score (nSPS) is 10.8. The van der Waals surface area contributed by atoms with Gasteiger partial charge in [0.2, 0.25) is 0 Å². The molecule has 3 nitrogen and oxygen atoms in total. The van der Waals surface area contributed by atoms with E-state index in [-0.39, 0.29) is 10.9 Å². The van der Waals surface area contributed by atoms with E-state index in [2.05, 4.69) is 139 Å². The third-order valence-corrected chi connectivity index (χ3v) is 17.0. The average Bonchev–Trinajstić information content (AvgIpc) is 1.60. The fraction of sp³-hybridized carbons (Fsp3) is 0. The first-order valence-electron chi connectivity index (χ1n) is 30.9. The number of rotatable bonds is 5. The van der Waals surface area contributed by atoms with Crippen molar-refractivity contribution in [2.45, 2.75) is 0 Å². The van der Waals surface area contributed by atoms with Crippen LogP contribution in [-0.2, 0) is 0 Å². The van der Waals surface area contributed by atoms with E-state index in [4.69, 9.17) is 4.42 Å². The first-order valence-corrected chi connectivity index (χ1v) is 30.9. The van der Waals surface area contributed by atoms with Crippen molar-refractivity contribution in [2.24, 2.45) is 0 Å². The van der Waals surface area contributed by atoms with Crippen molar-refractivity contribution < 1.29 is 4.42 Å². The summed E-state index contributed by atoms with van der Waals surface area (Å²) in [6.07, 6.45) is 0. The monoisotopic (exact) mass is 1180 g/mol. The summed E-state index contributed by atoms with van der Waals surface area (Å²) in [5.41, 5.74) is 14.7. The van der Waals surface area contributed by atoms with Crippen LogP contribution in [-0.4, -0.2) is 0 Å². The number of hydrogen-bond acceptors (Lipinski definition) is 3. The van der Waals surface area contributed by atoms with Gasteiger partial charge in [-0.05, 0) is 169 Å². The molecule has 21 aromatic rings. The van der Waals surface area contributed by atoms with Gasteiger partial charge in [-0.2, -0.15) is 0 Å². The van der Waals surface area contributed by atoms with Crippen molar-refractivity contribution in [3.63, 3.8) is 0 Å². The van der Waals surface area contributed by atoms with Crippen LogP contribution in [0.5, 0.6) is 0 Å². The summed E-state index contributed by atoms with van der Waals surface area (Å²) < 4.78 is 6.73. The van der Waals surface area contributed by atoms with Gasteiger partial charge in [0.05, 0.1) is 0 Å². The molecule has 432 valence electrons. The summed E-state index contributed by atoms with van der Waals surface area (Å²) in [5, 5.41) is 8.01. The molecule has 0 aliphatic carbocycles. The molecule has 8 bridgehead atoms. The van der Waals surface area contributed by atoms with Crippen molar-refractivity contribution >= 4 is 65.0 Å². The summed E-state index contributed by atoms with van der Waals surface area (Å²) in [5.74, 6) is 19.9. The molecule has 0 radical (unpaired) electrons. The Kier molecular flexibility index (Phi) is 15.4. The SMILES string of the molecule is O=c1c(-c2ccccc2)c(-c2ccc(C#Cc3ccccc3)cc2)c2c3ccc(cc3)oc3ccc(cc3)c3c(-c4ccc(C#Cc5ccccc5)cc4)c(-c4ccc(C#Cc5ccccc5)cc4)c(=O)c3c3ccc(cc3)c(-c3ccccc3)cc3ccc(cc3)c12. The van der Waals surface area contributed by atoms with E-state index < -0.39 is 0 Å². The van der Waals surface area contributed by atoms with Gasteiger partial charge in [-0.25, -0.2) is 0 Å². The van der Waals surface area contributed by atoms with Gasteiger partial charge < -0.3 is 4.42 Å². The highest BCUT2D eigenvalue weighted by Crippen LogP contribution is 2.43. The first-order chi connectivity index (χ1) is 45.9. The maximum atomic E-state index is 16.0. The Balaban J connectivity index is 0.987. The van der Waals surface area contributed by atoms with Crippen LogP contribution in [0.4, 0.5) is 0 Å². The standard InChI is InChI=1S/C90H54O3/c91-89-85(70-24-14-5-15-25-70)81(71-40-32-64(33-41-71)29-26-61-16-6-1-7-17-61)83-73-52-56-78(57-53-73)93-79-58-54-74(55-59-79)84-82(72-42-34-65(35-43-72)30-27-62-18-8-2-9-19-62)86(75-44-36-66(37-45-75)31-28-63-20-10-3-11-21-63)90(92)88(84)77-50-48-69(49-51-77)80(68-22-12-4-13-23-68)60-67-38-46-76(47-39-67)87(83)89/h1-25,32-60H. The fourth-order valence-corrected chi connectivity index (χ4v) is 12.4. The van der Waals surface area contributed by atoms with Gasteiger partial charge in [0.15, 0.2) is 10.9 Å². The van der Waals surface area contributed by atoms with E-state index in [0.717, 1.165) is 121 Å². The highest BCUT2D eigenvalue weighted by molar-refractivity contribution is 6.21. The zero-order valence-electron chi connectivity index (χ0n) is 50.4. The fourth-order valence-electron chi connectivity index (χ4n) is 12.4. The maximum Gasteiger partial charge on any atom is 0.195 e. The van der Waals surface area contributed by atoms with Crippen molar-refractivity contribution in [2.75, 3.05) is 0 Å². The summed E-state index contributed by atoms with van der Waals surface area (Å²) in [6, 6.07) is 110. The summed E-state index contributed by atoms with van der Waals surface area (Å²) >= 11 is 0. The maximum absolute atomic E-state index is 16.0. The molecule has 0 saturated carbocycles. The van der Waals surface area contributed by atoms with E-state index in [1.807, 2.05) is 224 Å². The Hall–Kier alpha value is -12.8. The Morgan fingerprint density at radius 3 is 0.849 bits per heavy atom. The molecular formula is C90H54O3. The van der Waals surface area contributed by atoms with E-state index in [1.54, 1.807) is 0 Å². The third kappa shape index (κ3) is 11.8. The van der Waals surface area contributed by atoms with Crippen LogP contribution in [0.25, 0.3) is 121 Å². The van der Waals surface area contributed by atoms with Gasteiger partial charge in [-0.15, -0.1) is 0 Å². The van der Waals surface area contributed by atoms with Crippen LogP contribution < -0.4 is 10.9 Å². The third-order valence-electron chi connectivity index (χ3n) is 17.0. The quantitative estimate of drug-likeness (QED) is 0.161. The molecule has 93 heavy (non-hydrogen) atoms. The average molecular weight is 1180 g/mol. The lowest BCUT2D eigenvalue weighted by atomic mass is 9.95. The molecule has 3 heteroatoms. The van der Waals surface area contributed by atoms with Crippen LogP contribution in [0.15, 0.2) is 342 Å². The minimum atomic E-state index is -0.0910. The molecule has 7 aromatic heterocycles. The lowest BCUT2D eigenvalue weighted by molar-refractivity contribution is 0.655. The molecule has 0 fully saturated rings. The zero-order valence-corrected chi connectivity index (χ0v) is 50.4. The van der Waals surface area contributed by atoms with E-state index >= 15 is 9.59 Å². The van der Waals surface area contributed by atoms with Crippen LogP contribution in [0.1, 0.15) is 33.4 Å². The molecule has 0 unspecified atom stereocenters. The molecule has 0 amide bonds. The Labute approximate surface area is 538 Å². The number of hydrogen-bond donors (Lipinski definition) is 0. The minimum Gasteiger partial charge on any atom is -0.457 e. The van der Waals surface area contributed by atoms with Gasteiger partial charge in [-0.1, -0.05) is 260 Å². The molecule has 0 spiro atoms. The Morgan fingerprint density at radius 1 is 0.215 bits per heavy atom. The first kappa shape index (κ1) is 56.7. The van der Waals surface area contributed by atoms with Gasteiger partial charge in [0, 0.05) is 77.2 Å². The van der Waals surface area contributed by atoms with Gasteiger partial charge >= 0.3 is 0 Å². The number of benzene rings is 12. The van der Waals surface area contributed by atoms with Gasteiger partial charge in [0.1, 0.15) is 11.2 Å². The molecule has 0 saturated heterocycles. The molecule has 7 heterocycles. The van der Waals surface area contributed by atoms with E-state index in [1.165, 1.54) is 0 Å². The summed E-state index contributed by atoms with van der Waals surface area (Å²) in [6.45, 7) is 0. The van der Waals surface area contributed by atoms with Crippen molar-refractivity contribution in [3.8, 4) is 91.2 Å². The van der Waals surface area contributed by atoms with Crippen molar-refractivity contribution in [1.82, 2.24) is 0 Å². The summed E-state index contributed by atoms with van der Waals surface area (Å²) in [4.78, 5) is 31.6. The minimum absolute atomic E-state index is 0.0602. The molecule has 14 aromatic carbocycles. The largest absolute Gasteiger partial charge is 0.457 e. The lowest BCUT2D eigenvalue weighted by Crippen LogP contribution is -1.99. The van der Waals surface area contributed by atoms with Crippen molar-refractivity contribution in [3.05, 3.63) is 381 Å². The summed E-state index contributed by atoms with van der Waals surface area (Å²) in [7, 11) is 0. The van der Waals surface area contributed by atoms with Crippen LogP contribution in [0, 0.1) is 35.5 Å². The van der Waals surface area contributed by atoms with Gasteiger partial charge in [-0.3, -0.25) is 9.59 Å². The predicted octanol–water partition coefficient (Wildman–Crippen LogP) is 21.1. The molecule has 21 rings (SSSR count). The van der Waals surface area contributed by atoms with Crippen LogP contribution in [0.2, 0.25) is 0 Å². The second-order valence-electron chi connectivity index (χ2n) is 22.9. The van der Waals surface area contributed by atoms with Crippen molar-refractivity contribution in [1.29, 1.82) is 0 Å². The Morgan fingerprint density at radius 2 is 0.484 bits per heavy atom. The molecular weight excluding hydrogens is 1130 g/mol. The van der Waals surface area contributed by atoms with Gasteiger partial charge in [0.25, 0.3) is 0 Å². The highest BCUT2D eigenvalue weighted by atomic mass is 16.3. The lowest BCUT2D eigenvalue weighted by Gasteiger charge is -2.08. The smallest absolute Gasteiger partial charge is 0.195 e. The van der Waals surface area contributed by atoms with E-state index in [9.17, 15) is 0 Å². The second kappa shape index (κ2) is 25.3. The molecule has 0 aliphatic heterocycles. The second-order valence-corrected chi connectivity index (χ2v) is 22.9. The van der Waals surface area contributed by atoms with E-state index in [0.29, 0.717) is 33.1 Å². The molecule has 0 atom stereocenters. The molecule has 0 aliphatic rings. The predicted molar refractivity (Wildman–Crippen MR) is 387 cm³/mol. The molecule has 0 N–H and O–H groups in total. The Bertz CT molecular complexity index is 5770. The van der Waals surface area contributed by atoms with Crippen LogP contribution >= 0.6 is 0 Å². The highest BCUT2D eigenvalue weighted by Gasteiger charge is 2.24.